The molecule has 0 radical (unpaired) electrons. The van der Waals surface area contributed by atoms with E-state index in [4.69, 9.17) is 22.1 Å². The van der Waals surface area contributed by atoms with E-state index in [9.17, 15) is 0 Å². The van der Waals surface area contributed by atoms with Crippen molar-refractivity contribution in [2.75, 3.05) is 13.1 Å². The first-order valence-electron chi connectivity index (χ1n) is 7.59. The van der Waals surface area contributed by atoms with E-state index in [0.717, 1.165) is 37.6 Å². The van der Waals surface area contributed by atoms with E-state index in [-0.39, 0.29) is 25.9 Å². The minimum absolute atomic E-state index is 0. The third-order valence-corrected chi connectivity index (χ3v) is 3.21. The monoisotopic (exact) mass is 469 g/mol. The van der Waals surface area contributed by atoms with Gasteiger partial charge in [-0.15, -0.1) is 0 Å². The first-order valence-corrected chi connectivity index (χ1v) is 7.59. The van der Waals surface area contributed by atoms with Crippen LogP contribution >= 0.6 is 0 Å². The molecule has 0 spiro atoms. The summed E-state index contributed by atoms with van der Waals surface area (Å²) in [5.41, 5.74) is 31.6. The maximum Gasteiger partial charge on any atom is 2.00 e. The van der Waals surface area contributed by atoms with E-state index < -0.39 is 0 Å². The zero-order valence-electron chi connectivity index (χ0n) is 15.8. The van der Waals surface area contributed by atoms with Crippen molar-refractivity contribution in [3.63, 3.8) is 0 Å². The predicted octanol–water partition coefficient (Wildman–Crippen LogP) is 2.51. The molecule has 0 unspecified atom stereocenters. The molecule has 2 rings (SSSR count). The van der Waals surface area contributed by atoms with Crippen molar-refractivity contribution in [3.05, 3.63) is 66.9 Å². The fourth-order valence-corrected chi connectivity index (χ4v) is 2.30. The van der Waals surface area contributed by atoms with Crippen LogP contribution in [-0.2, 0) is 33.5 Å². The maximum atomic E-state index is 6.75. The average molecular weight is 470 g/mol. The molecule has 0 saturated heterocycles. The van der Waals surface area contributed by atoms with Crippen LogP contribution < -0.4 is 5.32 Å². The summed E-state index contributed by atoms with van der Waals surface area (Å²) in [5.74, 6) is 0. The molecule has 152 valence electrons. The Kier molecular flexibility index (Phi) is 18.6. The molecule has 0 aliphatic rings. The van der Waals surface area contributed by atoms with Crippen molar-refractivity contribution < 1.29 is 25.9 Å². The smallest absolute Gasteiger partial charge is 0.412 e. The first-order chi connectivity index (χ1) is 11.9. The second kappa shape index (κ2) is 17.1. The quantitative estimate of drug-likeness (QED) is 0.223. The van der Waals surface area contributed by atoms with Crippen LogP contribution in [0.4, 0.5) is 0 Å². The Morgan fingerprint density at radius 3 is 1.33 bits per heavy atom. The molecule has 0 saturated carbocycles. The van der Waals surface area contributed by atoms with Gasteiger partial charge >= 0.3 is 20.4 Å². The molecule has 13 heteroatoms. The summed E-state index contributed by atoms with van der Waals surface area (Å²) in [6.45, 7) is 11.9. The number of nitrogens with zero attached hydrogens (tertiary/aromatic N) is 10. The van der Waals surface area contributed by atoms with Gasteiger partial charge in [-0.2, -0.15) is 10.2 Å². The number of hydrogen-bond acceptors (Lipinski definition) is 3. The number of rotatable bonds is 6. The third-order valence-electron chi connectivity index (χ3n) is 3.21. The van der Waals surface area contributed by atoms with Crippen molar-refractivity contribution in [1.82, 2.24) is 24.9 Å². The van der Waals surface area contributed by atoms with Crippen LogP contribution in [0.2, 0.25) is 0 Å². The number of hydrogen-bond donors (Lipinski definition) is 1. The number of nitrogens with one attached hydrogen (secondary N) is 1. The minimum Gasteiger partial charge on any atom is -0.412 e. The standard InChI is InChI=1S/C14H23N5.2N3.H2O.Pd/c1-11-9-13(3)18(16-11)7-5-15-6-8-19-14(4)10-12(2)17-19;2*1-3-2;;/h9-10,15H,5-8H2,1-4H3;;;1H2;/q;2*-1;;+2. The molecule has 27 heavy (non-hydrogen) atoms. The van der Waals surface area contributed by atoms with Gasteiger partial charge < -0.3 is 32.9 Å². The number of aryl methyl sites for hydroxylation is 4. The topological polar surface area (TPSA) is 197 Å². The maximum absolute atomic E-state index is 6.75. The van der Waals surface area contributed by atoms with Gasteiger partial charge in [0.25, 0.3) is 0 Å². The molecule has 3 N–H and O–H groups in total. The Bertz CT molecular complexity index is 652. The first kappa shape index (κ1) is 29.4. The van der Waals surface area contributed by atoms with Gasteiger partial charge in [-0.1, -0.05) is 0 Å². The van der Waals surface area contributed by atoms with Gasteiger partial charge in [0.2, 0.25) is 0 Å². The summed E-state index contributed by atoms with van der Waals surface area (Å²) in [6.07, 6.45) is 0. The van der Waals surface area contributed by atoms with Crippen LogP contribution in [0, 0.1) is 27.7 Å². The zero-order chi connectivity index (χ0) is 19.2. The van der Waals surface area contributed by atoms with Crippen molar-refractivity contribution in [1.29, 1.82) is 0 Å². The summed E-state index contributed by atoms with van der Waals surface area (Å²) in [4.78, 5) is 3.00. The van der Waals surface area contributed by atoms with E-state index in [1.165, 1.54) is 21.2 Å². The van der Waals surface area contributed by atoms with Crippen LogP contribution in [0.5, 0.6) is 0 Å². The van der Waals surface area contributed by atoms with Crippen LogP contribution in [-0.4, -0.2) is 38.1 Å². The summed E-state index contributed by atoms with van der Waals surface area (Å²) < 4.78 is 4.09. The second-order valence-electron chi connectivity index (χ2n) is 5.23. The Hall–Kier alpha value is -2.38. The van der Waals surface area contributed by atoms with Gasteiger partial charge in [-0.25, -0.2) is 0 Å². The molecule has 2 heterocycles. The van der Waals surface area contributed by atoms with Crippen LogP contribution in [0.1, 0.15) is 22.8 Å². The third kappa shape index (κ3) is 12.6. The van der Waals surface area contributed by atoms with Crippen molar-refractivity contribution in [2.24, 2.45) is 0 Å². The molecule has 0 bridgehead atoms. The molecule has 0 atom stereocenters. The average Bonchev–Trinajstić information content (AvgIpc) is 3.01. The molecule has 0 aromatic carbocycles. The fraction of sp³-hybridized carbons (Fsp3) is 0.571. The van der Waals surface area contributed by atoms with Gasteiger partial charge in [-0.3, -0.25) is 19.2 Å². The predicted molar refractivity (Wildman–Crippen MR) is 100 cm³/mol. The summed E-state index contributed by atoms with van der Waals surface area (Å²) in [7, 11) is 0. The van der Waals surface area contributed by atoms with Gasteiger partial charge in [0.05, 0.1) is 24.5 Å². The minimum atomic E-state index is 0. The molecule has 2 aromatic heterocycles. The summed E-state index contributed by atoms with van der Waals surface area (Å²) in [5, 5.41) is 12.3. The normalized spacial score (nSPS) is 8.44. The van der Waals surface area contributed by atoms with E-state index in [1.54, 1.807) is 0 Å². The van der Waals surface area contributed by atoms with E-state index in [0.29, 0.717) is 0 Å². The van der Waals surface area contributed by atoms with Crippen molar-refractivity contribution in [2.45, 2.75) is 40.8 Å². The summed E-state index contributed by atoms with van der Waals surface area (Å²) in [6, 6.07) is 4.21. The van der Waals surface area contributed by atoms with Crippen LogP contribution in [0.3, 0.4) is 0 Å². The summed E-state index contributed by atoms with van der Waals surface area (Å²) >= 11 is 0. The van der Waals surface area contributed by atoms with Gasteiger partial charge in [-0.05, 0) is 39.8 Å². The van der Waals surface area contributed by atoms with Crippen molar-refractivity contribution in [3.8, 4) is 0 Å². The second-order valence-corrected chi connectivity index (χ2v) is 5.23. The molecule has 0 aliphatic heterocycles. The SMILES string of the molecule is Cc1cc(C)n(CCNCCn2nc(C)cc2C)n1.O.[N-]=[N+]=[N-].[N-]=[N+]=[N-].[Pd+2]. The molecule has 2 aromatic rings. The zero-order valence-corrected chi connectivity index (χ0v) is 17.3. The van der Waals surface area contributed by atoms with Gasteiger partial charge in [0.1, 0.15) is 0 Å². The molecule has 0 aliphatic carbocycles. The molecular formula is C14H25N11OPd. The van der Waals surface area contributed by atoms with Crippen molar-refractivity contribution >= 4 is 0 Å². The molecule has 0 fully saturated rings. The van der Waals surface area contributed by atoms with Crippen LogP contribution in [0.25, 0.3) is 31.9 Å². The van der Waals surface area contributed by atoms with E-state index in [2.05, 4.69) is 41.5 Å². The van der Waals surface area contributed by atoms with E-state index in [1.807, 2.05) is 23.2 Å². The molecular weight excluding hydrogens is 445 g/mol. The molecule has 12 nitrogen and oxygen atoms in total. The Morgan fingerprint density at radius 1 is 0.815 bits per heavy atom. The van der Waals surface area contributed by atoms with Crippen LogP contribution in [0.15, 0.2) is 12.1 Å². The Balaban J connectivity index is -0.000000640. The Labute approximate surface area is 171 Å². The van der Waals surface area contributed by atoms with E-state index >= 15 is 0 Å². The Morgan fingerprint density at radius 2 is 1.11 bits per heavy atom. The molecule has 0 amide bonds. The fourth-order valence-electron chi connectivity index (χ4n) is 2.30. The largest absolute Gasteiger partial charge is 2.00 e. The number of aromatic nitrogens is 4. The van der Waals surface area contributed by atoms with Gasteiger partial charge in [0, 0.05) is 24.5 Å². The van der Waals surface area contributed by atoms with Gasteiger partial charge in [0.15, 0.2) is 0 Å².